The quantitative estimate of drug-likeness (QED) is 0.505. The van der Waals surface area contributed by atoms with Gasteiger partial charge in [-0.2, -0.15) is 0 Å². The Morgan fingerprint density at radius 2 is 2.05 bits per heavy atom. The fourth-order valence-corrected chi connectivity index (χ4v) is 2.72. The smallest absolute Gasteiger partial charge is 0.262 e. The van der Waals surface area contributed by atoms with Gasteiger partial charge in [0.05, 0.1) is 5.69 Å². The van der Waals surface area contributed by atoms with Crippen LogP contribution >= 0.6 is 11.8 Å². The van der Waals surface area contributed by atoms with Crippen LogP contribution in [0, 0.1) is 13.8 Å². The molecule has 0 saturated heterocycles. The third-order valence-corrected chi connectivity index (χ3v) is 3.62. The molecular formula is C12H17N5OS. The molecule has 102 valence electrons. The van der Waals surface area contributed by atoms with E-state index in [0.29, 0.717) is 11.0 Å². The number of nitrogen functional groups attached to an aromatic ring is 1. The Bertz CT molecular complexity index is 562. The van der Waals surface area contributed by atoms with E-state index in [1.165, 1.54) is 18.1 Å². The van der Waals surface area contributed by atoms with Gasteiger partial charge < -0.3 is 9.84 Å². The molecule has 0 unspecified atom stereocenters. The van der Waals surface area contributed by atoms with Gasteiger partial charge in [-0.05, 0) is 31.5 Å². The summed E-state index contributed by atoms with van der Waals surface area (Å²) in [5.74, 6) is 7.18. The first-order chi connectivity index (χ1) is 9.02. The number of rotatable bonds is 4. The molecular weight excluding hydrogens is 262 g/mol. The fraction of sp³-hybridized carbons (Fsp3) is 0.417. The Morgan fingerprint density at radius 3 is 2.58 bits per heavy atom. The number of oxazole rings is 1. The van der Waals surface area contributed by atoms with Crippen LogP contribution in [-0.4, -0.2) is 15.0 Å². The van der Waals surface area contributed by atoms with E-state index in [-0.39, 0.29) is 5.92 Å². The maximum atomic E-state index is 5.57. The van der Waals surface area contributed by atoms with Crippen molar-refractivity contribution in [3.63, 3.8) is 0 Å². The molecule has 2 aromatic rings. The van der Waals surface area contributed by atoms with E-state index in [1.807, 2.05) is 13.8 Å². The van der Waals surface area contributed by atoms with Crippen LogP contribution in [0.15, 0.2) is 21.0 Å². The van der Waals surface area contributed by atoms with Crippen molar-refractivity contribution < 1.29 is 4.42 Å². The van der Waals surface area contributed by atoms with E-state index in [2.05, 4.69) is 34.2 Å². The molecule has 19 heavy (non-hydrogen) atoms. The highest BCUT2D eigenvalue weighted by molar-refractivity contribution is 7.99. The van der Waals surface area contributed by atoms with Crippen molar-refractivity contribution in [1.82, 2.24) is 15.0 Å². The normalized spacial score (nSPS) is 11.1. The Hall–Kier alpha value is -1.60. The van der Waals surface area contributed by atoms with Crippen molar-refractivity contribution in [1.29, 1.82) is 0 Å². The standard InChI is InChI=1S/C12H17N5OS/c1-6(2)9-10(17-13)14-5-15-11(9)19-12-16-7(3)8(4)18-12/h5-6H,13H2,1-4H3,(H,14,15,17). The van der Waals surface area contributed by atoms with Crippen LogP contribution in [0.3, 0.4) is 0 Å². The third-order valence-electron chi connectivity index (χ3n) is 2.75. The molecule has 2 aromatic heterocycles. The van der Waals surface area contributed by atoms with E-state index in [4.69, 9.17) is 10.3 Å². The van der Waals surface area contributed by atoms with Gasteiger partial charge in [0, 0.05) is 5.56 Å². The molecule has 0 amide bonds. The van der Waals surface area contributed by atoms with Gasteiger partial charge >= 0.3 is 0 Å². The lowest BCUT2D eigenvalue weighted by atomic mass is 10.1. The summed E-state index contributed by atoms with van der Waals surface area (Å²) in [5.41, 5.74) is 4.45. The minimum Gasteiger partial charge on any atom is -0.436 e. The highest BCUT2D eigenvalue weighted by Gasteiger charge is 2.17. The van der Waals surface area contributed by atoms with Crippen LogP contribution in [0.5, 0.6) is 0 Å². The average molecular weight is 279 g/mol. The van der Waals surface area contributed by atoms with Gasteiger partial charge in [0.1, 0.15) is 22.9 Å². The number of hydrogen-bond donors (Lipinski definition) is 2. The average Bonchev–Trinajstić information content (AvgIpc) is 2.67. The molecule has 2 rings (SSSR count). The Kier molecular flexibility index (Phi) is 4.06. The fourth-order valence-electron chi connectivity index (χ4n) is 1.67. The molecule has 7 heteroatoms. The molecule has 0 aliphatic heterocycles. The largest absolute Gasteiger partial charge is 0.436 e. The van der Waals surface area contributed by atoms with Gasteiger partial charge in [0.15, 0.2) is 0 Å². The molecule has 0 spiro atoms. The molecule has 0 atom stereocenters. The molecule has 2 heterocycles. The predicted octanol–water partition coefficient (Wildman–Crippen LogP) is 2.64. The van der Waals surface area contributed by atoms with Crippen LogP contribution in [0.2, 0.25) is 0 Å². The zero-order valence-corrected chi connectivity index (χ0v) is 12.2. The van der Waals surface area contributed by atoms with Crippen LogP contribution in [0.4, 0.5) is 5.82 Å². The van der Waals surface area contributed by atoms with E-state index >= 15 is 0 Å². The van der Waals surface area contributed by atoms with Crippen LogP contribution < -0.4 is 11.3 Å². The van der Waals surface area contributed by atoms with Crippen molar-refractivity contribution in [2.24, 2.45) is 5.84 Å². The monoisotopic (exact) mass is 279 g/mol. The van der Waals surface area contributed by atoms with E-state index in [0.717, 1.165) is 22.0 Å². The number of nitrogens with two attached hydrogens (primary N) is 1. The molecule has 0 aliphatic carbocycles. The van der Waals surface area contributed by atoms with Gasteiger partial charge in [-0.1, -0.05) is 13.8 Å². The second-order valence-electron chi connectivity index (χ2n) is 4.46. The molecule has 0 saturated carbocycles. The predicted molar refractivity (Wildman–Crippen MR) is 74.0 cm³/mol. The molecule has 3 N–H and O–H groups in total. The van der Waals surface area contributed by atoms with Crippen LogP contribution in [-0.2, 0) is 0 Å². The van der Waals surface area contributed by atoms with E-state index < -0.39 is 0 Å². The van der Waals surface area contributed by atoms with E-state index in [9.17, 15) is 0 Å². The first kappa shape index (κ1) is 13.8. The summed E-state index contributed by atoms with van der Waals surface area (Å²) in [6.07, 6.45) is 1.48. The Labute approximate surface area is 116 Å². The summed E-state index contributed by atoms with van der Waals surface area (Å²) >= 11 is 1.38. The van der Waals surface area contributed by atoms with Crippen LogP contribution in [0.1, 0.15) is 36.8 Å². The van der Waals surface area contributed by atoms with Crippen molar-refractivity contribution in [2.75, 3.05) is 5.43 Å². The van der Waals surface area contributed by atoms with E-state index in [1.54, 1.807) is 0 Å². The summed E-state index contributed by atoms with van der Waals surface area (Å²) in [6, 6.07) is 0. The number of aromatic nitrogens is 3. The first-order valence-corrected chi connectivity index (χ1v) is 6.78. The SMILES string of the molecule is Cc1nc(Sc2ncnc(NN)c2C(C)C)oc1C. The maximum absolute atomic E-state index is 5.57. The second kappa shape index (κ2) is 5.58. The van der Waals surface area contributed by atoms with Crippen molar-refractivity contribution >= 4 is 17.6 Å². The number of aryl methyl sites for hydroxylation is 2. The van der Waals surface area contributed by atoms with Gasteiger partial charge in [0.2, 0.25) is 0 Å². The lowest BCUT2D eigenvalue weighted by Gasteiger charge is -2.13. The number of hydrogen-bond acceptors (Lipinski definition) is 7. The number of hydrazine groups is 1. The van der Waals surface area contributed by atoms with Crippen molar-refractivity contribution in [2.45, 2.75) is 43.9 Å². The van der Waals surface area contributed by atoms with Crippen molar-refractivity contribution in [3.05, 3.63) is 23.3 Å². The van der Waals surface area contributed by atoms with Gasteiger partial charge in [-0.25, -0.2) is 20.8 Å². The zero-order valence-electron chi connectivity index (χ0n) is 11.4. The highest BCUT2D eigenvalue weighted by atomic mass is 32.2. The number of anilines is 1. The summed E-state index contributed by atoms with van der Waals surface area (Å²) in [4.78, 5) is 12.8. The lowest BCUT2D eigenvalue weighted by Crippen LogP contribution is -2.13. The highest BCUT2D eigenvalue weighted by Crippen LogP contribution is 2.35. The topological polar surface area (TPSA) is 89.9 Å². The minimum atomic E-state index is 0.243. The first-order valence-electron chi connectivity index (χ1n) is 5.96. The summed E-state index contributed by atoms with van der Waals surface area (Å²) in [6.45, 7) is 7.94. The molecule has 6 nitrogen and oxygen atoms in total. The summed E-state index contributed by atoms with van der Waals surface area (Å²) in [5, 5.41) is 1.39. The molecule has 0 fully saturated rings. The maximum Gasteiger partial charge on any atom is 0.262 e. The van der Waals surface area contributed by atoms with Gasteiger partial charge in [-0.15, -0.1) is 0 Å². The lowest BCUT2D eigenvalue weighted by molar-refractivity contribution is 0.430. The summed E-state index contributed by atoms with van der Waals surface area (Å²) in [7, 11) is 0. The minimum absolute atomic E-state index is 0.243. The molecule has 0 aromatic carbocycles. The van der Waals surface area contributed by atoms with Crippen LogP contribution in [0.25, 0.3) is 0 Å². The van der Waals surface area contributed by atoms with Crippen molar-refractivity contribution in [3.8, 4) is 0 Å². The number of nitrogens with one attached hydrogen (secondary N) is 1. The Morgan fingerprint density at radius 1 is 1.32 bits per heavy atom. The second-order valence-corrected chi connectivity index (χ2v) is 5.40. The number of nitrogens with zero attached hydrogens (tertiary/aromatic N) is 3. The Balaban J connectivity index is 2.39. The molecule has 0 aliphatic rings. The van der Waals surface area contributed by atoms with Gasteiger partial charge in [0.25, 0.3) is 5.22 Å². The molecule has 0 radical (unpaired) electrons. The zero-order chi connectivity index (χ0) is 14.0. The summed E-state index contributed by atoms with van der Waals surface area (Å²) < 4.78 is 5.57. The molecule has 0 bridgehead atoms. The van der Waals surface area contributed by atoms with Gasteiger partial charge in [-0.3, -0.25) is 0 Å². The third kappa shape index (κ3) is 2.87.